The van der Waals surface area contributed by atoms with Crippen LogP contribution < -0.4 is 10.1 Å². The monoisotopic (exact) mass is 486 g/mol. The number of carbonyl (C=O) groups is 1. The summed E-state index contributed by atoms with van der Waals surface area (Å²) in [5.41, 5.74) is 2.09. The fraction of sp³-hybridized carbons (Fsp3) is 0.421. The smallest absolute Gasteiger partial charge is 0.253 e. The molecule has 1 aromatic heterocycles. The summed E-state index contributed by atoms with van der Waals surface area (Å²) >= 11 is 4.44. The fourth-order valence-electron chi connectivity index (χ4n) is 3.31. The molecule has 6 nitrogen and oxygen atoms in total. The van der Waals surface area contributed by atoms with Gasteiger partial charge in [0.25, 0.3) is 10.0 Å². The second kappa shape index (κ2) is 8.94. The normalized spacial score (nSPS) is 17.6. The molecule has 2 heterocycles. The molecule has 9 heteroatoms. The van der Waals surface area contributed by atoms with E-state index in [4.69, 9.17) is 4.74 Å². The Morgan fingerprint density at radius 3 is 2.64 bits per heavy atom. The van der Waals surface area contributed by atoms with Crippen LogP contribution in [0.1, 0.15) is 24.0 Å². The van der Waals surface area contributed by atoms with Crippen LogP contribution in [0, 0.1) is 13.8 Å². The number of halogens is 1. The molecule has 1 N–H and O–H groups in total. The van der Waals surface area contributed by atoms with Crippen LogP contribution in [0.3, 0.4) is 0 Å². The molecule has 1 aromatic carbocycles. The van der Waals surface area contributed by atoms with Gasteiger partial charge in [0.15, 0.2) is 0 Å². The molecular formula is C19H23BrN2O4S2. The zero-order valence-corrected chi connectivity index (χ0v) is 19.0. The maximum Gasteiger partial charge on any atom is 0.253 e. The lowest BCUT2D eigenvalue weighted by Crippen LogP contribution is -2.46. The van der Waals surface area contributed by atoms with Gasteiger partial charge in [-0.15, -0.1) is 11.3 Å². The van der Waals surface area contributed by atoms with E-state index in [0.29, 0.717) is 32.5 Å². The molecule has 1 aliphatic heterocycles. The number of hydrogen-bond acceptors (Lipinski definition) is 5. The van der Waals surface area contributed by atoms with Crippen molar-refractivity contribution in [3.63, 3.8) is 0 Å². The second-order valence-electron chi connectivity index (χ2n) is 6.69. The Bertz CT molecular complexity index is 938. The molecule has 0 saturated carbocycles. The van der Waals surface area contributed by atoms with Gasteiger partial charge in [-0.05, 0) is 65.9 Å². The minimum absolute atomic E-state index is 0.248. The summed E-state index contributed by atoms with van der Waals surface area (Å²) in [7, 11) is -3.67. The van der Waals surface area contributed by atoms with E-state index in [9.17, 15) is 13.2 Å². The van der Waals surface area contributed by atoms with Gasteiger partial charge in [0, 0.05) is 6.54 Å². The number of thiophene rings is 1. The standard InChI is InChI=1S/C19H23BrN2O4S2/c1-13-5-3-6-14(2)18(13)26-12-10-21-19(23)15-7-4-11-22(15)28(24,25)17-9-8-16(20)27-17/h3,5-6,8-9,15H,4,7,10-12H2,1-2H3,(H,21,23). The second-order valence-corrected chi connectivity index (χ2v) is 11.3. The first-order valence-corrected chi connectivity index (χ1v) is 12.1. The number of carbonyl (C=O) groups excluding carboxylic acids is 1. The van der Waals surface area contributed by atoms with Gasteiger partial charge < -0.3 is 10.1 Å². The van der Waals surface area contributed by atoms with Gasteiger partial charge in [0.2, 0.25) is 5.91 Å². The Morgan fingerprint density at radius 2 is 2.00 bits per heavy atom. The summed E-state index contributed by atoms with van der Waals surface area (Å²) in [5.74, 6) is 0.548. The predicted molar refractivity (Wildman–Crippen MR) is 113 cm³/mol. The Hall–Kier alpha value is -1.42. The lowest BCUT2D eigenvalue weighted by Gasteiger charge is -2.22. The minimum Gasteiger partial charge on any atom is -0.491 e. The van der Waals surface area contributed by atoms with E-state index in [-0.39, 0.29) is 10.1 Å². The Labute approximate surface area is 178 Å². The van der Waals surface area contributed by atoms with Crippen LogP contribution in [0.4, 0.5) is 0 Å². The lowest BCUT2D eigenvalue weighted by molar-refractivity contribution is -0.124. The topological polar surface area (TPSA) is 75.7 Å². The van der Waals surface area contributed by atoms with E-state index in [1.165, 1.54) is 4.31 Å². The summed E-state index contributed by atoms with van der Waals surface area (Å²) in [6.45, 7) is 4.96. The number of amides is 1. The molecular weight excluding hydrogens is 464 g/mol. The Balaban J connectivity index is 1.58. The maximum absolute atomic E-state index is 12.9. The highest BCUT2D eigenvalue weighted by Crippen LogP contribution is 2.32. The minimum atomic E-state index is -3.67. The van der Waals surface area contributed by atoms with Gasteiger partial charge >= 0.3 is 0 Å². The van der Waals surface area contributed by atoms with E-state index >= 15 is 0 Å². The van der Waals surface area contributed by atoms with Crippen LogP contribution >= 0.6 is 27.3 Å². The number of rotatable bonds is 7. The number of aryl methyl sites for hydroxylation is 2. The number of hydrogen-bond donors (Lipinski definition) is 1. The third-order valence-corrected chi connectivity index (χ3v) is 8.67. The van der Waals surface area contributed by atoms with Crippen LogP contribution in [-0.2, 0) is 14.8 Å². The number of benzene rings is 1. The number of nitrogens with zero attached hydrogens (tertiary/aromatic N) is 1. The summed E-state index contributed by atoms with van der Waals surface area (Å²) in [6.07, 6.45) is 1.19. The first-order chi connectivity index (χ1) is 13.3. The van der Waals surface area contributed by atoms with Crippen molar-refractivity contribution >= 4 is 43.2 Å². The Morgan fingerprint density at radius 1 is 1.29 bits per heavy atom. The first-order valence-electron chi connectivity index (χ1n) is 9.04. The molecule has 0 radical (unpaired) electrons. The first kappa shape index (κ1) is 21.3. The Kier molecular flexibility index (Phi) is 6.80. The fourth-order valence-corrected chi connectivity index (χ4v) is 7.11. The van der Waals surface area contributed by atoms with Crippen molar-refractivity contribution in [2.75, 3.05) is 19.7 Å². The van der Waals surface area contributed by atoms with Crippen molar-refractivity contribution in [1.29, 1.82) is 0 Å². The van der Waals surface area contributed by atoms with E-state index in [1.807, 2.05) is 32.0 Å². The highest BCUT2D eigenvalue weighted by atomic mass is 79.9. The molecule has 152 valence electrons. The van der Waals surface area contributed by atoms with Gasteiger partial charge in [-0.3, -0.25) is 4.79 Å². The van der Waals surface area contributed by atoms with Gasteiger partial charge in [-0.2, -0.15) is 4.31 Å². The third kappa shape index (κ3) is 4.59. The van der Waals surface area contributed by atoms with Gasteiger partial charge in [0.05, 0.1) is 10.3 Å². The number of ether oxygens (including phenoxy) is 1. The number of para-hydroxylation sites is 1. The highest BCUT2D eigenvalue weighted by Gasteiger charge is 2.39. The van der Waals surface area contributed by atoms with Crippen LogP contribution in [-0.4, -0.2) is 44.4 Å². The number of nitrogens with one attached hydrogen (secondary N) is 1. The van der Waals surface area contributed by atoms with E-state index < -0.39 is 16.1 Å². The van der Waals surface area contributed by atoms with Gasteiger partial charge in [0.1, 0.15) is 22.6 Å². The van der Waals surface area contributed by atoms with E-state index in [0.717, 1.165) is 32.0 Å². The van der Waals surface area contributed by atoms with Crippen LogP contribution in [0.25, 0.3) is 0 Å². The molecule has 28 heavy (non-hydrogen) atoms. The third-order valence-electron chi connectivity index (χ3n) is 4.67. The predicted octanol–water partition coefficient (Wildman–Crippen LogP) is 3.48. The maximum atomic E-state index is 12.9. The molecule has 1 saturated heterocycles. The van der Waals surface area contributed by atoms with Gasteiger partial charge in [-0.25, -0.2) is 8.42 Å². The number of sulfonamides is 1. The SMILES string of the molecule is Cc1cccc(C)c1OCCNC(=O)C1CCCN1S(=O)(=O)c1ccc(Br)s1. The van der Waals surface area contributed by atoms with Gasteiger partial charge in [-0.1, -0.05) is 18.2 Å². The average molecular weight is 487 g/mol. The molecule has 2 aromatic rings. The zero-order valence-electron chi connectivity index (χ0n) is 15.8. The van der Waals surface area contributed by atoms with Crippen molar-refractivity contribution in [2.45, 2.75) is 36.9 Å². The van der Waals surface area contributed by atoms with Crippen molar-refractivity contribution in [1.82, 2.24) is 9.62 Å². The summed E-state index contributed by atoms with van der Waals surface area (Å²) < 4.78 is 33.8. The lowest BCUT2D eigenvalue weighted by atomic mass is 10.1. The summed E-state index contributed by atoms with van der Waals surface area (Å²) in [4.78, 5) is 12.6. The molecule has 0 spiro atoms. The van der Waals surface area contributed by atoms with Crippen LogP contribution in [0.2, 0.25) is 0 Å². The zero-order chi connectivity index (χ0) is 20.3. The average Bonchev–Trinajstić information content (AvgIpc) is 3.30. The molecule has 0 bridgehead atoms. The summed E-state index contributed by atoms with van der Waals surface area (Å²) in [6, 6.07) is 8.52. The summed E-state index contributed by atoms with van der Waals surface area (Å²) in [5, 5.41) is 2.82. The molecule has 1 atom stereocenters. The molecule has 3 rings (SSSR count). The largest absolute Gasteiger partial charge is 0.491 e. The highest BCUT2D eigenvalue weighted by molar-refractivity contribution is 9.11. The van der Waals surface area contributed by atoms with E-state index in [1.54, 1.807) is 12.1 Å². The quantitative estimate of drug-likeness (QED) is 0.607. The molecule has 1 unspecified atom stereocenters. The van der Waals surface area contributed by atoms with Crippen molar-refractivity contribution in [2.24, 2.45) is 0 Å². The molecule has 0 aliphatic carbocycles. The molecule has 1 fully saturated rings. The van der Waals surface area contributed by atoms with E-state index in [2.05, 4.69) is 21.2 Å². The van der Waals surface area contributed by atoms with Crippen molar-refractivity contribution in [3.05, 3.63) is 45.2 Å². The molecule has 1 amide bonds. The van der Waals surface area contributed by atoms with Crippen molar-refractivity contribution in [3.8, 4) is 5.75 Å². The molecule has 1 aliphatic rings. The van der Waals surface area contributed by atoms with Crippen LogP contribution in [0.5, 0.6) is 5.75 Å². The van der Waals surface area contributed by atoms with Crippen molar-refractivity contribution < 1.29 is 17.9 Å². The van der Waals surface area contributed by atoms with Crippen LogP contribution in [0.15, 0.2) is 38.3 Å².